The molecule has 316 valence electrons. The molecule has 4 N–H and O–H groups in total. The highest BCUT2D eigenvalue weighted by atomic mass is 31.2. The Morgan fingerprint density at radius 1 is 0.636 bits per heavy atom. The maximum absolute atomic E-state index is 12.4. The van der Waals surface area contributed by atoms with Crippen LogP contribution in [0.3, 0.4) is 0 Å². The highest BCUT2D eigenvalue weighted by Gasteiger charge is 2.22. The van der Waals surface area contributed by atoms with Crippen LogP contribution in [0.5, 0.6) is 0 Å². The van der Waals surface area contributed by atoms with Gasteiger partial charge >= 0.3 is 19.8 Å². The van der Waals surface area contributed by atoms with Crippen molar-refractivity contribution in [1.29, 1.82) is 0 Å². The lowest BCUT2D eigenvalue weighted by Crippen LogP contribution is -2.29. The summed E-state index contributed by atoms with van der Waals surface area (Å²) in [5.41, 5.74) is 0. The predicted molar refractivity (Wildman–Crippen MR) is 223 cm³/mol. The summed E-state index contributed by atoms with van der Waals surface area (Å²) < 4.78 is 26.3. The van der Waals surface area contributed by atoms with Crippen LogP contribution in [0.4, 0.5) is 0 Å². The molecule has 0 aliphatic rings. The number of allylic oxidation sites excluding steroid dienone is 8. The first-order valence-electron chi connectivity index (χ1n) is 20.8. The van der Waals surface area contributed by atoms with Crippen molar-refractivity contribution in [2.75, 3.05) is 13.2 Å². The van der Waals surface area contributed by atoms with Gasteiger partial charge in [0.1, 0.15) is 6.61 Å². The van der Waals surface area contributed by atoms with E-state index in [4.69, 9.17) is 19.3 Å². The number of unbranched alkanes of at least 4 members (excludes halogenated alkanes) is 13. The van der Waals surface area contributed by atoms with Gasteiger partial charge in [-0.05, 0) is 44.4 Å². The second-order valence-corrected chi connectivity index (χ2v) is 15.7. The molecule has 0 heterocycles. The van der Waals surface area contributed by atoms with Crippen LogP contribution in [0, 0.1) is 5.92 Å². The number of hydrogen-bond donors (Lipinski definition) is 4. The molecule has 55 heavy (non-hydrogen) atoms. The molecule has 0 bridgehead atoms. The molecule has 0 fully saturated rings. The van der Waals surface area contributed by atoms with E-state index in [1.165, 1.54) is 64.2 Å². The van der Waals surface area contributed by atoms with Crippen LogP contribution in [0.1, 0.15) is 156 Å². The maximum atomic E-state index is 12.4. The lowest BCUT2D eigenvalue weighted by molar-refractivity contribution is -0.161. The number of aliphatic hydroxyl groups excluding tert-OH is 2. The lowest BCUT2D eigenvalue weighted by Gasteiger charge is -2.18. The van der Waals surface area contributed by atoms with Crippen LogP contribution in [-0.2, 0) is 28.2 Å². The first-order chi connectivity index (χ1) is 26.4. The maximum Gasteiger partial charge on any atom is 0.469 e. The van der Waals surface area contributed by atoms with Gasteiger partial charge in [-0.15, -0.1) is 0 Å². The monoisotopic (exact) mass is 795 g/mol. The van der Waals surface area contributed by atoms with Crippen molar-refractivity contribution >= 4 is 19.8 Å². The van der Waals surface area contributed by atoms with Crippen molar-refractivity contribution in [2.24, 2.45) is 5.92 Å². The number of ether oxygens (including phenoxy) is 2. The van der Waals surface area contributed by atoms with Crippen molar-refractivity contribution < 1.29 is 48.2 Å². The molecular weight excluding hydrogens is 719 g/mol. The Morgan fingerprint density at radius 2 is 1.20 bits per heavy atom. The molecule has 0 aliphatic carbocycles. The number of aliphatic hydroxyl groups is 2. The molecule has 11 heteroatoms. The van der Waals surface area contributed by atoms with Crippen molar-refractivity contribution in [3.63, 3.8) is 0 Å². The molecule has 3 atom stereocenters. The fraction of sp³-hybridized carbons (Fsp3) is 0.682. The molecule has 0 saturated carbocycles. The van der Waals surface area contributed by atoms with Crippen LogP contribution >= 0.6 is 7.82 Å². The summed E-state index contributed by atoms with van der Waals surface area (Å²) in [6, 6.07) is 0. The molecule has 0 spiro atoms. The third-order valence-corrected chi connectivity index (χ3v) is 9.08. The topological polar surface area (TPSA) is 160 Å². The third-order valence-electron chi connectivity index (χ3n) is 8.59. The highest BCUT2D eigenvalue weighted by molar-refractivity contribution is 7.46. The van der Waals surface area contributed by atoms with E-state index in [0.717, 1.165) is 31.6 Å². The number of esters is 2. The van der Waals surface area contributed by atoms with Gasteiger partial charge in [0, 0.05) is 12.8 Å². The summed E-state index contributed by atoms with van der Waals surface area (Å²) in [5.74, 6) is -0.258. The standard InChI is InChI=1S/C44H75O10P/c1-4-5-23-31-40(45)32-25-19-15-13-16-20-26-33-41(46)34-27-22-29-36-44(48)54-42(38-53-55(49,50)51)37-52-43(47)35-28-21-17-12-10-8-6-7-9-11-14-18-24-30-39(2)3/h5,15-16,19-20,23,25-27,32-34,39-42,45-46H,4,6-14,17-18,21-22,24,28-31,35-38H2,1-3H3,(H2,49,50,51)/b19-15-,20-16-,23-5-,32-25+,33-26+,34-27-/t40-,41-,42+/m0/s1. The molecule has 0 aliphatic heterocycles. The van der Waals surface area contributed by atoms with Crippen molar-refractivity contribution in [3.05, 3.63) is 72.9 Å². The number of hydrogen-bond acceptors (Lipinski definition) is 8. The molecule has 0 aromatic heterocycles. The zero-order valence-corrected chi connectivity index (χ0v) is 35.1. The minimum Gasteiger partial charge on any atom is -0.462 e. The van der Waals surface area contributed by atoms with E-state index in [9.17, 15) is 24.4 Å². The van der Waals surface area contributed by atoms with E-state index in [2.05, 4.69) is 25.3 Å². The van der Waals surface area contributed by atoms with Gasteiger partial charge in [-0.2, -0.15) is 0 Å². The number of carbonyl (C=O) groups excluding carboxylic acids is 2. The number of phosphoric ester groups is 1. The van der Waals surface area contributed by atoms with Gasteiger partial charge in [-0.25, -0.2) is 4.57 Å². The molecule has 0 rings (SSSR count). The van der Waals surface area contributed by atoms with E-state index in [1.807, 2.05) is 42.5 Å². The zero-order valence-electron chi connectivity index (χ0n) is 34.2. The van der Waals surface area contributed by atoms with Crippen LogP contribution in [0.2, 0.25) is 0 Å². The summed E-state index contributed by atoms with van der Waals surface area (Å²) >= 11 is 0. The van der Waals surface area contributed by atoms with E-state index < -0.39 is 44.7 Å². The zero-order chi connectivity index (χ0) is 40.8. The van der Waals surface area contributed by atoms with Crippen molar-refractivity contribution in [1.82, 2.24) is 0 Å². The first-order valence-corrected chi connectivity index (χ1v) is 22.4. The molecular formula is C44H75O10P. The SMILES string of the molecule is CC/C=C\C[C@H](O)/C=C/C=C\C/C=C\C=C\[C@H](O)/C=C\CCCC(=O)O[C@H](COC(=O)CCCCCCCCCCCCCCCC(C)C)COP(=O)(O)O. The van der Waals surface area contributed by atoms with Crippen LogP contribution in [0.25, 0.3) is 0 Å². The van der Waals surface area contributed by atoms with Gasteiger partial charge in [0.2, 0.25) is 0 Å². The second kappa shape index (κ2) is 37.0. The van der Waals surface area contributed by atoms with E-state index >= 15 is 0 Å². The first kappa shape index (κ1) is 52.4. The molecule has 0 unspecified atom stereocenters. The highest BCUT2D eigenvalue weighted by Crippen LogP contribution is 2.36. The van der Waals surface area contributed by atoms with Gasteiger partial charge in [0.15, 0.2) is 6.10 Å². The quantitative estimate of drug-likeness (QED) is 0.0158. The Morgan fingerprint density at radius 3 is 1.78 bits per heavy atom. The van der Waals surface area contributed by atoms with Gasteiger partial charge in [-0.1, -0.05) is 177 Å². The summed E-state index contributed by atoms with van der Waals surface area (Å²) in [6.45, 7) is 5.66. The second-order valence-electron chi connectivity index (χ2n) is 14.5. The van der Waals surface area contributed by atoms with Gasteiger partial charge in [0.05, 0.1) is 18.8 Å². The van der Waals surface area contributed by atoms with Crippen molar-refractivity contribution in [2.45, 2.75) is 174 Å². The Balaban J connectivity index is 4.20. The lowest BCUT2D eigenvalue weighted by atomic mass is 10.0. The Hall–Kier alpha value is -2.59. The normalized spacial score (nSPS) is 14.5. The third kappa shape index (κ3) is 40.9. The average molecular weight is 795 g/mol. The summed E-state index contributed by atoms with van der Waals surface area (Å²) in [7, 11) is -4.81. The van der Waals surface area contributed by atoms with Gasteiger partial charge in [0.25, 0.3) is 0 Å². The fourth-order valence-electron chi connectivity index (χ4n) is 5.47. The molecule has 0 aromatic rings. The van der Waals surface area contributed by atoms with Crippen molar-refractivity contribution in [3.8, 4) is 0 Å². The average Bonchev–Trinajstić information content (AvgIpc) is 3.13. The van der Waals surface area contributed by atoms with E-state index in [0.29, 0.717) is 32.1 Å². The minimum absolute atomic E-state index is 0.0233. The molecule has 0 aromatic carbocycles. The largest absolute Gasteiger partial charge is 0.469 e. The van der Waals surface area contributed by atoms with E-state index in [1.54, 1.807) is 30.4 Å². The fourth-order valence-corrected chi connectivity index (χ4v) is 5.83. The Labute approximate surface area is 333 Å². The minimum atomic E-state index is -4.81. The summed E-state index contributed by atoms with van der Waals surface area (Å²) in [5, 5.41) is 19.9. The molecule has 0 radical (unpaired) electrons. The summed E-state index contributed by atoms with van der Waals surface area (Å²) in [6.07, 6.45) is 39.9. The molecule has 10 nitrogen and oxygen atoms in total. The van der Waals surface area contributed by atoms with E-state index in [-0.39, 0.29) is 19.4 Å². The smallest absolute Gasteiger partial charge is 0.462 e. The Kier molecular flexibility index (Phi) is 35.3. The van der Waals surface area contributed by atoms with Gasteiger partial charge in [-0.3, -0.25) is 14.1 Å². The number of phosphoric acid groups is 1. The Bertz CT molecular complexity index is 1170. The van der Waals surface area contributed by atoms with Crippen LogP contribution in [-0.4, -0.2) is 63.5 Å². The molecule has 0 amide bonds. The summed E-state index contributed by atoms with van der Waals surface area (Å²) in [4.78, 5) is 42.8. The van der Waals surface area contributed by atoms with Crippen LogP contribution in [0.15, 0.2) is 72.9 Å². The number of carbonyl (C=O) groups is 2. The van der Waals surface area contributed by atoms with Crippen LogP contribution < -0.4 is 0 Å². The van der Waals surface area contributed by atoms with Gasteiger partial charge < -0.3 is 29.5 Å². The predicted octanol–water partition coefficient (Wildman–Crippen LogP) is 10.5. The number of rotatable bonds is 36. The molecule has 0 saturated heterocycles.